The third kappa shape index (κ3) is 1.61. The summed E-state index contributed by atoms with van der Waals surface area (Å²) in [5.74, 6) is 0.808. The Hall–Kier alpha value is -0.460. The Bertz CT molecular complexity index is 393. The van der Waals surface area contributed by atoms with Crippen LogP contribution >= 0.6 is 35.9 Å². The minimum absolute atomic E-state index is 0.808. The smallest absolute Gasteiger partial charge is 0.201 e. The maximum absolute atomic E-state index is 4.31. The van der Waals surface area contributed by atoms with Crippen LogP contribution in [0.3, 0.4) is 0 Å². The summed E-state index contributed by atoms with van der Waals surface area (Å²) in [5, 5.41) is 10.9. The quantitative estimate of drug-likeness (QED) is 0.634. The lowest BCUT2D eigenvalue weighted by Crippen LogP contribution is -1.85. The highest BCUT2D eigenvalue weighted by Crippen LogP contribution is 2.26. The number of rotatable bonds is 2. The van der Waals surface area contributed by atoms with Crippen molar-refractivity contribution in [2.45, 2.75) is 5.16 Å². The normalized spacial score (nSPS) is 10.6. The van der Waals surface area contributed by atoms with Crippen molar-refractivity contribution in [2.24, 2.45) is 0 Å². The molecule has 0 radical (unpaired) electrons. The Morgan fingerprint density at radius 1 is 1.54 bits per heavy atom. The summed E-state index contributed by atoms with van der Waals surface area (Å²) in [6, 6.07) is 3.99. The van der Waals surface area contributed by atoms with Gasteiger partial charge in [0, 0.05) is 0 Å². The first-order valence-electron chi connectivity index (χ1n) is 3.55. The molecule has 6 heteroatoms. The highest BCUT2D eigenvalue weighted by Gasteiger charge is 2.10. The molecule has 0 unspecified atom stereocenters. The third-order valence-electron chi connectivity index (χ3n) is 1.54. The van der Waals surface area contributed by atoms with E-state index in [0.29, 0.717) is 0 Å². The predicted octanol–water partition coefficient (Wildman–Crippen LogP) is 2.42. The van der Waals surface area contributed by atoms with Crippen LogP contribution < -0.4 is 0 Å². The molecule has 68 valence electrons. The van der Waals surface area contributed by atoms with Gasteiger partial charge in [-0.25, -0.2) is 3.97 Å². The number of nitrogens with zero attached hydrogens (tertiary/aromatic N) is 3. The lowest BCUT2D eigenvalue weighted by molar-refractivity contribution is 0.958. The van der Waals surface area contributed by atoms with E-state index in [4.69, 9.17) is 0 Å². The largest absolute Gasteiger partial charge is 0.245 e. The predicted molar refractivity (Wildman–Crippen MR) is 59.5 cm³/mol. The second-order valence-electron chi connectivity index (χ2n) is 2.30. The molecule has 3 nitrogen and oxygen atoms in total. The Morgan fingerprint density at radius 3 is 2.92 bits per heavy atom. The first-order chi connectivity index (χ1) is 6.33. The monoisotopic (exact) mass is 229 g/mol. The van der Waals surface area contributed by atoms with Crippen LogP contribution in [0.5, 0.6) is 0 Å². The molecule has 0 aliphatic carbocycles. The Labute approximate surface area is 89.7 Å². The van der Waals surface area contributed by atoms with Crippen molar-refractivity contribution in [1.29, 1.82) is 0 Å². The molecule has 0 amide bonds. The summed E-state index contributed by atoms with van der Waals surface area (Å²) >= 11 is 7.47. The van der Waals surface area contributed by atoms with Crippen molar-refractivity contribution < 1.29 is 0 Å². The van der Waals surface area contributed by atoms with Gasteiger partial charge in [-0.15, -0.1) is 21.5 Å². The fourth-order valence-corrected chi connectivity index (χ4v) is 2.53. The van der Waals surface area contributed by atoms with Crippen LogP contribution in [-0.4, -0.2) is 20.4 Å². The summed E-state index contributed by atoms with van der Waals surface area (Å²) < 4.78 is 1.70. The van der Waals surface area contributed by atoms with E-state index >= 15 is 0 Å². The number of aromatic nitrogens is 3. The van der Waals surface area contributed by atoms with Crippen LogP contribution in [0.4, 0.5) is 0 Å². The summed E-state index contributed by atoms with van der Waals surface area (Å²) in [4.78, 5) is 1.09. The molecule has 0 aliphatic rings. The lowest BCUT2D eigenvalue weighted by Gasteiger charge is -1.96. The van der Waals surface area contributed by atoms with Gasteiger partial charge >= 0.3 is 0 Å². The van der Waals surface area contributed by atoms with Crippen LogP contribution in [0.1, 0.15) is 0 Å². The number of thiol groups is 1. The molecule has 0 aromatic carbocycles. The van der Waals surface area contributed by atoms with E-state index in [1.807, 2.05) is 23.8 Å². The van der Waals surface area contributed by atoms with E-state index in [2.05, 4.69) is 23.0 Å². The number of hydrogen-bond acceptors (Lipinski definition) is 5. The molecule has 0 spiro atoms. The summed E-state index contributed by atoms with van der Waals surface area (Å²) in [7, 11) is 0. The highest BCUT2D eigenvalue weighted by molar-refractivity contribution is 7.98. The lowest BCUT2D eigenvalue weighted by atomic mass is 10.4. The number of thioether (sulfide) groups is 1. The van der Waals surface area contributed by atoms with Gasteiger partial charge in [-0.05, 0) is 17.7 Å². The molecule has 2 heterocycles. The average molecular weight is 229 g/mol. The summed E-state index contributed by atoms with van der Waals surface area (Å²) in [6.07, 6.45) is 1.95. The molecule has 0 bridgehead atoms. The SMILES string of the molecule is CSc1nnc(-c2cccs2)n1S. The fourth-order valence-electron chi connectivity index (χ4n) is 0.952. The molecule has 0 atom stereocenters. The van der Waals surface area contributed by atoms with Gasteiger partial charge in [0.25, 0.3) is 0 Å². The Balaban J connectivity index is 2.48. The van der Waals surface area contributed by atoms with Crippen molar-refractivity contribution in [3.63, 3.8) is 0 Å². The first-order valence-corrected chi connectivity index (χ1v) is 6.06. The first kappa shape index (κ1) is 9.11. The minimum atomic E-state index is 0.808. The van der Waals surface area contributed by atoms with Gasteiger partial charge in [0.15, 0.2) is 5.82 Å². The Morgan fingerprint density at radius 2 is 2.38 bits per heavy atom. The van der Waals surface area contributed by atoms with Crippen molar-refractivity contribution in [3.05, 3.63) is 17.5 Å². The fraction of sp³-hybridized carbons (Fsp3) is 0.143. The topological polar surface area (TPSA) is 30.7 Å². The molecule has 0 saturated heterocycles. The van der Waals surface area contributed by atoms with Gasteiger partial charge in [0.1, 0.15) is 0 Å². The number of hydrogen-bond donors (Lipinski definition) is 1. The van der Waals surface area contributed by atoms with E-state index in [1.165, 1.54) is 11.8 Å². The van der Waals surface area contributed by atoms with Crippen LogP contribution in [0.25, 0.3) is 10.7 Å². The molecular weight excluding hydrogens is 222 g/mol. The molecule has 0 N–H and O–H groups in total. The van der Waals surface area contributed by atoms with Gasteiger partial charge in [-0.2, -0.15) is 0 Å². The average Bonchev–Trinajstić information content (AvgIpc) is 2.72. The maximum Gasteiger partial charge on any atom is 0.201 e. The van der Waals surface area contributed by atoms with Crippen LogP contribution in [0.15, 0.2) is 22.7 Å². The van der Waals surface area contributed by atoms with Gasteiger partial charge in [0.05, 0.1) is 4.88 Å². The molecule has 0 saturated carbocycles. The summed E-state index contributed by atoms with van der Waals surface area (Å²) in [5.41, 5.74) is 0. The van der Waals surface area contributed by atoms with Crippen molar-refractivity contribution in [3.8, 4) is 10.7 Å². The Kier molecular flexibility index (Phi) is 2.61. The van der Waals surface area contributed by atoms with Gasteiger partial charge in [-0.3, -0.25) is 0 Å². The molecule has 2 aromatic rings. The van der Waals surface area contributed by atoms with E-state index in [9.17, 15) is 0 Å². The molecular formula is C7H7N3S3. The van der Waals surface area contributed by atoms with Gasteiger partial charge < -0.3 is 0 Å². The van der Waals surface area contributed by atoms with Gasteiger partial charge in [-0.1, -0.05) is 30.6 Å². The van der Waals surface area contributed by atoms with Crippen molar-refractivity contribution in [2.75, 3.05) is 6.26 Å². The molecule has 13 heavy (non-hydrogen) atoms. The second kappa shape index (κ2) is 3.73. The zero-order valence-corrected chi connectivity index (χ0v) is 9.36. The standard InChI is InChI=1S/C7H7N3S3/c1-12-7-9-8-6(10(7)11)5-3-2-4-13-5/h2-4,11H,1H3. The third-order valence-corrected chi connectivity index (χ3v) is 3.55. The zero-order chi connectivity index (χ0) is 9.26. The highest BCUT2D eigenvalue weighted by atomic mass is 32.2. The second-order valence-corrected chi connectivity index (χ2v) is 4.42. The van der Waals surface area contributed by atoms with Crippen molar-refractivity contribution in [1.82, 2.24) is 14.2 Å². The van der Waals surface area contributed by atoms with E-state index < -0.39 is 0 Å². The van der Waals surface area contributed by atoms with E-state index in [-0.39, 0.29) is 0 Å². The molecule has 0 fully saturated rings. The van der Waals surface area contributed by atoms with E-state index in [0.717, 1.165) is 15.9 Å². The van der Waals surface area contributed by atoms with Crippen molar-refractivity contribution >= 4 is 35.9 Å². The zero-order valence-electron chi connectivity index (χ0n) is 6.84. The van der Waals surface area contributed by atoms with Crippen LogP contribution in [0, 0.1) is 0 Å². The van der Waals surface area contributed by atoms with Gasteiger partial charge in [0.2, 0.25) is 5.16 Å². The minimum Gasteiger partial charge on any atom is -0.245 e. The molecule has 2 aromatic heterocycles. The maximum atomic E-state index is 4.31. The van der Waals surface area contributed by atoms with Crippen LogP contribution in [0.2, 0.25) is 0 Å². The van der Waals surface area contributed by atoms with Crippen LogP contribution in [-0.2, 0) is 0 Å². The van der Waals surface area contributed by atoms with E-state index in [1.54, 1.807) is 15.3 Å². The molecule has 0 aliphatic heterocycles. The molecule has 2 rings (SSSR count). The summed E-state index contributed by atoms with van der Waals surface area (Å²) in [6.45, 7) is 0. The number of thiophene rings is 1.